The highest BCUT2D eigenvalue weighted by Gasteiger charge is 2.26. The average Bonchev–Trinajstić information content (AvgIpc) is 3.66. The highest BCUT2D eigenvalue weighted by molar-refractivity contribution is 6.31. The van der Waals surface area contributed by atoms with E-state index in [1.807, 2.05) is 24.3 Å². The van der Waals surface area contributed by atoms with Crippen molar-refractivity contribution in [2.75, 3.05) is 42.9 Å². The van der Waals surface area contributed by atoms with Gasteiger partial charge in [-0.25, -0.2) is 28.1 Å². The lowest BCUT2D eigenvalue weighted by atomic mass is 9.99. The number of piperazine rings is 1. The van der Waals surface area contributed by atoms with Gasteiger partial charge in [0.25, 0.3) is 11.5 Å². The van der Waals surface area contributed by atoms with Crippen molar-refractivity contribution in [1.82, 2.24) is 39.5 Å². The Balaban J connectivity index is 0.877. The molecule has 6 heterocycles. The van der Waals surface area contributed by atoms with E-state index in [4.69, 9.17) is 16.6 Å². The Hall–Kier alpha value is -6.42. The molecule has 13 nitrogen and oxygen atoms in total. The van der Waals surface area contributed by atoms with E-state index in [-0.39, 0.29) is 29.5 Å². The highest BCUT2D eigenvalue weighted by atomic mass is 35.5. The molecule has 2 aliphatic rings. The van der Waals surface area contributed by atoms with Crippen LogP contribution in [0.3, 0.4) is 0 Å². The monoisotopic (exact) mass is 830 g/mol. The second kappa shape index (κ2) is 15.3. The van der Waals surface area contributed by atoms with Crippen molar-refractivity contribution >= 4 is 56.8 Å². The van der Waals surface area contributed by atoms with Gasteiger partial charge in [0, 0.05) is 89.6 Å². The van der Waals surface area contributed by atoms with Crippen LogP contribution in [0.5, 0.6) is 0 Å². The van der Waals surface area contributed by atoms with Crippen LogP contribution >= 0.6 is 11.6 Å². The van der Waals surface area contributed by atoms with Gasteiger partial charge in [-0.2, -0.15) is 4.98 Å². The molecular weight excluding hydrogens is 790 g/mol. The number of H-pyrrole nitrogens is 1. The molecule has 4 aromatic heterocycles. The minimum atomic E-state index is -1.19. The predicted molar refractivity (Wildman–Crippen MR) is 228 cm³/mol. The van der Waals surface area contributed by atoms with Gasteiger partial charge in [0.1, 0.15) is 22.6 Å². The number of rotatable bonds is 10. The molecule has 60 heavy (non-hydrogen) atoms. The van der Waals surface area contributed by atoms with E-state index in [2.05, 4.69) is 42.0 Å². The number of amides is 1. The molecule has 1 fully saturated rings. The lowest BCUT2D eigenvalue weighted by Gasteiger charge is -2.36. The summed E-state index contributed by atoms with van der Waals surface area (Å²) in [5, 5.41) is 17.9. The number of allylic oxidation sites excluding steroid dienone is 1. The molecule has 3 aromatic carbocycles. The first-order valence-electron chi connectivity index (χ1n) is 19.6. The van der Waals surface area contributed by atoms with Crippen LogP contribution in [-0.2, 0) is 25.1 Å². The van der Waals surface area contributed by atoms with E-state index in [0.717, 1.165) is 30.0 Å². The number of aromatic nitrogens is 6. The third kappa shape index (κ3) is 7.18. The van der Waals surface area contributed by atoms with E-state index in [1.54, 1.807) is 48.9 Å². The van der Waals surface area contributed by atoms with Crippen LogP contribution < -0.4 is 21.1 Å². The number of carbonyl (C=O) groups is 1. The Kier molecular flexibility index (Phi) is 9.97. The Bertz CT molecular complexity index is 2870. The fourth-order valence-electron chi connectivity index (χ4n) is 8.10. The molecule has 0 aliphatic carbocycles. The number of hydrogen-bond acceptors (Lipinski definition) is 9. The molecule has 4 N–H and O–H groups in total. The first kappa shape index (κ1) is 39.1. The Morgan fingerprint density at radius 3 is 2.53 bits per heavy atom. The van der Waals surface area contributed by atoms with Gasteiger partial charge in [-0.05, 0) is 86.5 Å². The topological polar surface area (TPSA) is 149 Å². The number of nitrogens with zero attached hydrogens (tertiary/aromatic N) is 7. The molecule has 0 atom stereocenters. The molecule has 306 valence electrons. The molecule has 0 bridgehead atoms. The van der Waals surface area contributed by atoms with Gasteiger partial charge in [0.05, 0.1) is 17.8 Å². The second-order valence-corrected chi connectivity index (χ2v) is 16.0. The van der Waals surface area contributed by atoms with Crippen molar-refractivity contribution in [3.05, 3.63) is 135 Å². The summed E-state index contributed by atoms with van der Waals surface area (Å²) in [7, 11) is 0. The lowest BCUT2D eigenvalue weighted by molar-refractivity contribution is 0.0737. The van der Waals surface area contributed by atoms with Crippen LogP contribution in [0.15, 0.2) is 90.4 Å². The van der Waals surface area contributed by atoms with Crippen molar-refractivity contribution in [2.24, 2.45) is 0 Å². The SMILES string of the molecule is C=CCn1c(=O)c2cnc(Nc3ccc(N4CCN(Cc5c(F)cc(-c6[nH]c7cc(F)cc8c7c6CCNC8=O)cc5Cl)CC4)cc3)nc2n1-c1cccc(C(C)(C)O)n1. The number of nitrogens with one attached hydrogen (secondary N) is 3. The minimum Gasteiger partial charge on any atom is -0.384 e. The summed E-state index contributed by atoms with van der Waals surface area (Å²) in [4.78, 5) is 47.5. The van der Waals surface area contributed by atoms with Gasteiger partial charge in [0.2, 0.25) is 5.95 Å². The summed E-state index contributed by atoms with van der Waals surface area (Å²) >= 11 is 6.76. The number of fused-ring (bicyclic) bond motifs is 1. The fourth-order valence-corrected chi connectivity index (χ4v) is 8.37. The summed E-state index contributed by atoms with van der Waals surface area (Å²) in [5.41, 5.74) is 4.21. The summed E-state index contributed by atoms with van der Waals surface area (Å²) in [5.74, 6) is -0.592. The second-order valence-electron chi connectivity index (χ2n) is 15.6. The first-order valence-corrected chi connectivity index (χ1v) is 20.0. The Morgan fingerprint density at radius 2 is 1.80 bits per heavy atom. The van der Waals surface area contributed by atoms with Crippen LogP contribution in [0, 0.1) is 11.6 Å². The lowest BCUT2D eigenvalue weighted by Crippen LogP contribution is -2.46. The molecule has 0 radical (unpaired) electrons. The van der Waals surface area contributed by atoms with Crippen LogP contribution in [0.1, 0.15) is 41.0 Å². The molecule has 0 spiro atoms. The van der Waals surface area contributed by atoms with Crippen LogP contribution in [-0.4, -0.2) is 77.9 Å². The van der Waals surface area contributed by atoms with Gasteiger partial charge in [0.15, 0.2) is 11.5 Å². The molecule has 1 saturated heterocycles. The van der Waals surface area contributed by atoms with Gasteiger partial charge in [-0.1, -0.05) is 23.7 Å². The average molecular weight is 831 g/mol. The fraction of sp³-hybridized carbons (Fsp3) is 0.250. The van der Waals surface area contributed by atoms with Crippen LogP contribution in [0.4, 0.5) is 26.1 Å². The zero-order chi connectivity index (χ0) is 41.9. The number of halogens is 3. The van der Waals surface area contributed by atoms with E-state index < -0.39 is 17.2 Å². The smallest absolute Gasteiger partial charge is 0.278 e. The van der Waals surface area contributed by atoms with E-state index in [9.17, 15) is 19.1 Å². The zero-order valence-corrected chi connectivity index (χ0v) is 33.7. The molecule has 2 aliphatic heterocycles. The van der Waals surface area contributed by atoms with E-state index in [1.165, 1.54) is 29.1 Å². The Morgan fingerprint density at radius 1 is 1.02 bits per heavy atom. The molecule has 1 amide bonds. The van der Waals surface area contributed by atoms with Gasteiger partial charge in [-0.3, -0.25) is 14.5 Å². The number of anilines is 3. The number of benzene rings is 3. The third-order valence-corrected chi connectivity index (χ3v) is 11.4. The number of carbonyl (C=O) groups excluding carboxylic acids is 1. The van der Waals surface area contributed by atoms with Crippen LogP contribution in [0.2, 0.25) is 5.02 Å². The third-order valence-electron chi connectivity index (χ3n) is 11.1. The summed E-state index contributed by atoms with van der Waals surface area (Å²) in [6, 6.07) is 18.9. The minimum absolute atomic E-state index is 0.211. The van der Waals surface area contributed by atoms with E-state index in [0.29, 0.717) is 87.9 Å². The molecular formula is C44H41ClF2N10O3. The summed E-state index contributed by atoms with van der Waals surface area (Å²) in [6.07, 6.45) is 3.61. The standard InChI is InChI=1S/C44H41ClF2N10O3/c1-4-14-56-42(59)31-23-49-43(53-40(31)57(56)37-7-5-6-36(52-37)44(2,3)60)50-27-8-10-28(11-9-27)55-17-15-54(16-18-55)24-32-33(45)19-25(20-34(32)47)39-29-12-13-48-41(58)30-21-26(46)22-35(51-39)38(29)30/h4-11,19-23,51,60H,1,12-18,24H2,2-3H3,(H,48,58)(H,49,50,53). The normalized spacial score (nSPS) is 14.8. The van der Waals surface area contributed by atoms with Crippen molar-refractivity contribution in [3.63, 3.8) is 0 Å². The first-order chi connectivity index (χ1) is 28.9. The van der Waals surface area contributed by atoms with Crippen LogP contribution in [0.25, 0.3) is 39.0 Å². The summed E-state index contributed by atoms with van der Waals surface area (Å²) in [6.45, 7) is 10.8. The Labute approximate surface area is 347 Å². The van der Waals surface area contributed by atoms with Crippen molar-refractivity contribution in [2.45, 2.75) is 39.0 Å². The maximum Gasteiger partial charge on any atom is 0.278 e. The number of hydrogen-bond donors (Lipinski definition) is 4. The molecule has 7 aromatic rings. The highest BCUT2D eigenvalue weighted by Crippen LogP contribution is 2.37. The van der Waals surface area contributed by atoms with E-state index >= 15 is 4.39 Å². The van der Waals surface area contributed by atoms with Crippen molar-refractivity contribution in [1.29, 1.82) is 0 Å². The molecule has 0 saturated carbocycles. The van der Waals surface area contributed by atoms with Gasteiger partial charge < -0.3 is 25.6 Å². The number of aromatic amines is 1. The molecule has 0 unspecified atom stereocenters. The quantitative estimate of drug-likeness (QED) is 0.109. The summed E-state index contributed by atoms with van der Waals surface area (Å²) < 4.78 is 33.4. The number of pyridine rings is 1. The maximum atomic E-state index is 15.8. The van der Waals surface area contributed by atoms with Gasteiger partial charge in [-0.15, -0.1) is 6.58 Å². The molecule has 9 rings (SSSR count). The van der Waals surface area contributed by atoms with Crippen molar-refractivity contribution < 1.29 is 18.7 Å². The maximum absolute atomic E-state index is 15.8. The van der Waals surface area contributed by atoms with Gasteiger partial charge >= 0.3 is 0 Å². The predicted octanol–water partition coefficient (Wildman–Crippen LogP) is 6.82. The van der Waals surface area contributed by atoms with Crippen molar-refractivity contribution in [3.8, 4) is 17.1 Å². The largest absolute Gasteiger partial charge is 0.384 e. The zero-order valence-electron chi connectivity index (χ0n) is 32.9. The molecule has 16 heteroatoms. The number of aliphatic hydroxyl groups is 1.